The van der Waals surface area contributed by atoms with Crippen molar-refractivity contribution in [3.8, 4) is 11.1 Å². The number of alkyl carbamates (subject to hydrolysis) is 1. The molecule has 0 saturated heterocycles. The Bertz CT molecular complexity index is 1140. The Morgan fingerprint density at radius 3 is 2.21 bits per heavy atom. The van der Waals surface area contributed by atoms with Gasteiger partial charge in [-0.3, -0.25) is 4.79 Å². The van der Waals surface area contributed by atoms with Crippen LogP contribution < -0.4 is 10.6 Å². The predicted molar refractivity (Wildman–Crippen MR) is 117 cm³/mol. The van der Waals surface area contributed by atoms with Crippen molar-refractivity contribution in [2.45, 2.75) is 18.5 Å². The number of aliphatic carboxylic acids is 1. The monoisotopic (exact) mass is 450 g/mol. The van der Waals surface area contributed by atoms with E-state index in [-0.39, 0.29) is 30.6 Å². The molecule has 1 heterocycles. The van der Waals surface area contributed by atoms with E-state index in [4.69, 9.17) is 19.4 Å². The van der Waals surface area contributed by atoms with Crippen LogP contribution in [0, 0.1) is 0 Å². The van der Waals surface area contributed by atoms with Crippen molar-refractivity contribution in [2.75, 3.05) is 13.2 Å². The molecular formula is C24H22N2O7. The summed E-state index contributed by atoms with van der Waals surface area (Å²) in [4.78, 5) is 35.2. The first-order valence-electron chi connectivity index (χ1n) is 10.3. The molecule has 9 heteroatoms. The highest BCUT2D eigenvalue weighted by Crippen LogP contribution is 2.44. The molecule has 1 aliphatic rings. The third-order valence-corrected chi connectivity index (χ3v) is 5.42. The fourth-order valence-corrected chi connectivity index (χ4v) is 3.82. The Balaban J connectivity index is 1.31. The average molecular weight is 450 g/mol. The topological polar surface area (TPSA) is 138 Å². The van der Waals surface area contributed by atoms with Gasteiger partial charge in [0.25, 0.3) is 5.91 Å². The van der Waals surface area contributed by atoms with Gasteiger partial charge in [-0.15, -0.1) is 0 Å². The number of carbonyl (C=O) groups excluding carboxylic acids is 2. The molecule has 0 spiro atoms. The number of rotatable bonds is 8. The molecule has 0 fully saturated rings. The Kier molecular flexibility index (Phi) is 6.41. The Morgan fingerprint density at radius 1 is 0.970 bits per heavy atom. The van der Waals surface area contributed by atoms with Crippen LogP contribution in [0.1, 0.15) is 33.4 Å². The number of hydrogen-bond acceptors (Lipinski definition) is 6. The first-order chi connectivity index (χ1) is 16.0. The van der Waals surface area contributed by atoms with Gasteiger partial charge in [-0.2, -0.15) is 0 Å². The van der Waals surface area contributed by atoms with Gasteiger partial charge in [0.1, 0.15) is 12.4 Å². The second kappa shape index (κ2) is 9.58. The third kappa shape index (κ3) is 4.73. The molecule has 1 aromatic heterocycles. The van der Waals surface area contributed by atoms with Crippen LogP contribution in [0.5, 0.6) is 0 Å². The molecule has 0 bridgehead atoms. The highest BCUT2D eigenvalue weighted by atomic mass is 16.5. The van der Waals surface area contributed by atoms with Crippen LogP contribution in [0.25, 0.3) is 11.1 Å². The number of carboxylic acids is 1. The molecule has 2 aromatic carbocycles. The number of furan rings is 1. The molecule has 4 rings (SSSR count). The second-order valence-electron chi connectivity index (χ2n) is 7.49. The number of carboxylic acid groups (broad SMARTS) is 1. The van der Waals surface area contributed by atoms with Crippen LogP contribution in [0.3, 0.4) is 0 Å². The largest absolute Gasteiger partial charge is 0.480 e. The maximum atomic E-state index is 12.2. The molecule has 2 amide bonds. The minimum absolute atomic E-state index is 0.0215. The molecule has 0 aliphatic heterocycles. The van der Waals surface area contributed by atoms with Crippen molar-refractivity contribution in [2.24, 2.45) is 0 Å². The lowest BCUT2D eigenvalue weighted by Crippen LogP contribution is -2.43. The molecule has 33 heavy (non-hydrogen) atoms. The van der Waals surface area contributed by atoms with Crippen LogP contribution in [0.4, 0.5) is 4.79 Å². The van der Waals surface area contributed by atoms with Crippen molar-refractivity contribution >= 4 is 18.0 Å². The number of ether oxygens (including phenoxy) is 1. The van der Waals surface area contributed by atoms with E-state index in [9.17, 15) is 14.4 Å². The number of nitrogens with one attached hydrogen (secondary N) is 2. The van der Waals surface area contributed by atoms with Gasteiger partial charge in [-0.05, 0) is 34.4 Å². The first kappa shape index (κ1) is 22.1. The number of benzene rings is 2. The SMILES string of the molecule is O=C(NCc1ccc(C(=O)NC(CO)C(=O)O)o1)OCC1c2ccccc2-c2ccccc21. The van der Waals surface area contributed by atoms with Gasteiger partial charge in [-0.1, -0.05) is 48.5 Å². The van der Waals surface area contributed by atoms with Crippen LogP contribution in [-0.2, 0) is 16.1 Å². The zero-order chi connectivity index (χ0) is 23.4. The number of aliphatic hydroxyl groups is 1. The van der Waals surface area contributed by atoms with E-state index in [0.29, 0.717) is 0 Å². The summed E-state index contributed by atoms with van der Waals surface area (Å²) in [6.07, 6.45) is -0.634. The van der Waals surface area contributed by atoms with Crippen molar-refractivity contribution in [3.63, 3.8) is 0 Å². The lowest BCUT2D eigenvalue weighted by Gasteiger charge is -2.14. The van der Waals surface area contributed by atoms with Crippen LogP contribution in [-0.4, -0.2) is 47.4 Å². The number of fused-ring (bicyclic) bond motifs is 3. The standard InChI is InChI=1S/C24H22N2O7/c27-12-20(23(29)30)26-22(28)21-10-9-14(33-21)11-25-24(31)32-13-19-17-7-3-1-5-15(17)16-6-2-4-8-18(16)19/h1-10,19-20,27H,11-13H2,(H,25,31)(H,26,28)(H,29,30). The fraction of sp³-hybridized carbons (Fsp3) is 0.208. The van der Waals surface area contributed by atoms with E-state index in [1.165, 1.54) is 12.1 Å². The number of aliphatic hydroxyl groups excluding tert-OH is 1. The highest BCUT2D eigenvalue weighted by molar-refractivity contribution is 5.94. The van der Waals surface area contributed by atoms with E-state index in [2.05, 4.69) is 22.8 Å². The summed E-state index contributed by atoms with van der Waals surface area (Å²) in [7, 11) is 0. The number of hydrogen-bond donors (Lipinski definition) is 4. The Labute approximate surface area is 189 Å². The van der Waals surface area contributed by atoms with Crippen molar-refractivity contribution in [3.05, 3.63) is 83.3 Å². The van der Waals surface area contributed by atoms with E-state index in [0.717, 1.165) is 22.3 Å². The molecule has 1 aliphatic carbocycles. The van der Waals surface area contributed by atoms with Crippen LogP contribution in [0.15, 0.2) is 65.1 Å². The second-order valence-corrected chi connectivity index (χ2v) is 7.49. The lowest BCUT2D eigenvalue weighted by atomic mass is 9.98. The van der Waals surface area contributed by atoms with Crippen LogP contribution >= 0.6 is 0 Å². The quantitative estimate of drug-likeness (QED) is 0.414. The van der Waals surface area contributed by atoms with E-state index >= 15 is 0 Å². The first-order valence-corrected chi connectivity index (χ1v) is 10.3. The van der Waals surface area contributed by atoms with Gasteiger partial charge in [0.15, 0.2) is 11.8 Å². The maximum Gasteiger partial charge on any atom is 0.407 e. The smallest absolute Gasteiger partial charge is 0.407 e. The zero-order valence-corrected chi connectivity index (χ0v) is 17.5. The normalized spacial score (nSPS) is 13.0. The molecule has 0 radical (unpaired) electrons. The van der Waals surface area contributed by atoms with Gasteiger partial charge < -0.3 is 30.0 Å². The van der Waals surface area contributed by atoms with Crippen molar-refractivity contribution < 1.29 is 33.8 Å². The molecule has 0 saturated carbocycles. The summed E-state index contributed by atoms with van der Waals surface area (Å²) in [6.45, 7) is -0.603. The van der Waals surface area contributed by atoms with Gasteiger partial charge >= 0.3 is 12.1 Å². The molecule has 170 valence electrons. The van der Waals surface area contributed by atoms with Gasteiger partial charge in [-0.25, -0.2) is 9.59 Å². The molecular weight excluding hydrogens is 428 g/mol. The lowest BCUT2D eigenvalue weighted by molar-refractivity contribution is -0.140. The molecule has 9 nitrogen and oxygen atoms in total. The van der Waals surface area contributed by atoms with Gasteiger partial charge in [0, 0.05) is 5.92 Å². The summed E-state index contributed by atoms with van der Waals surface area (Å²) in [6, 6.07) is 17.4. The highest BCUT2D eigenvalue weighted by Gasteiger charge is 2.29. The van der Waals surface area contributed by atoms with E-state index in [1.807, 2.05) is 36.4 Å². The third-order valence-electron chi connectivity index (χ3n) is 5.42. The summed E-state index contributed by atoms with van der Waals surface area (Å²) in [5.74, 6) is -2.07. The molecule has 1 unspecified atom stereocenters. The summed E-state index contributed by atoms with van der Waals surface area (Å²) < 4.78 is 10.8. The summed E-state index contributed by atoms with van der Waals surface area (Å²) >= 11 is 0. The summed E-state index contributed by atoms with van der Waals surface area (Å²) in [5, 5.41) is 22.6. The van der Waals surface area contributed by atoms with E-state index < -0.39 is 30.6 Å². The molecule has 3 aromatic rings. The molecule has 4 N–H and O–H groups in total. The fourth-order valence-electron chi connectivity index (χ4n) is 3.82. The maximum absolute atomic E-state index is 12.2. The Hall–Kier alpha value is -4.11. The Morgan fingerprint density at radius 2 is 1.61 bits per heavy atom. The van der Waals surface area contributed by atoms with Gasteiger partial charge in [0.2, 0.25) is 0 Å². The zero-order valence-electron chi connectivity index (χ0n) is 17.5. The van der Waals surface area contributed by atoms with Gasteiger partial charge in [0.05, 0.1) is 13.2 Å². The van der Waals surface area contributed by atoms with Crippen molar-refractivity contribution in [1.29, 1.82) is 0 Å². The number of carbonyl (C=O) groups is 3. The van der Waals surface area contributed by atoms with Crippen molar-refractivity contribution in [1.82, 2.24) is 10.6 Å². The average Bonchev–Trinajstić information content (AvgIpc) is 3.42. The predicted octanol–water partition coefficient (Wildman–Crippen LogP) is 2.49. The minimum atomic E-state index is -1.44. The minimum Gasteiger partial charge on any atom is -0.480 e. The van der Waals surface area contributed by atoms with Crippen LogP contribution in [0.2, 0.25) is 0 Å². The number of amides is 2. The molecule has 1 atom stereocenters. The summed E-state index contributed by atoms with van der Waals surface area (Å²) in [5.41, 5.74) is 4.48. The van der Waals surface area contributed by atoms with E-state index in [1.54, 1.807) is 0 Å².